The van der Waals surface area contributed by atoms with Crippen molar-refractivity contribution in [3.05, 3.63) is 0 Å². The highest BCUT2D eigenvalue weighted by Crippen LogP contribution is 2.15. The molecule has 2 N–H and O–H groups in total. The first-order chi connectivity index (χ1) is 10.5. The molecule has 1 aliphatic rings. The van der Waals surface area contributed by atoms with Gasteiger partial charge in [-0.1, -0.05) is 13.8 Å². The van der Waals surface area contributed by atoms with Crippen LogP contribution in [-0.2, 0) is 14.6 Å². The van der Waals surface area contributed by atoms with E-state index in [1.165, 1.54) is 0 Å². The molecule has 1 fully saturated rings. The van der Waals surface area contributed by atoms with Crippen molar-refractivity contribution in [2.45, 2.75) is 59.1 Å². The highest BCUT2D eigenvalue weighted by molar-refractivity contribution is 7.91. The smallest absolute Gasteiger partial charge is 0.407 e. The summed E-state index contributed by atoms with van der Waals surface area (Å²) in [7, 11) is -2.82. The number of rotatable bonds is 6. The fourth-order valence-corrected chi connectivity index (χ4v) is 3.98. The van der Waals surface area contributed by atoms with Gasteiger partial charge in [-0.25, -0.2) is 13.2 Å². The van der Waals surface area contributed by atoms with E-state index < -0.39 is 21.5 Å². The number of sulfone groups is 1. The van der Waals surface area contributed by atoms with Crippen LogP contribution in [0.1, 0.15) is 47.5 Å². The Morgan fingerprint density at radius 1 is 1.17 bits per heavy atom. The summed E-state index contributed by atoms with van der Waals surface area (Å²) in [6, 6.07) is 0.251. The average molecular weight is 349 g/mol. The standard InChI is InChI=1S/C16H32N2O4S/c1-12(2)13(11-18-15(19)22-16(3,4)5)10-17-14-6-8-23(20,21)9-7-14/h12-14,17H,6-11H2,1-5H3,(H,18,19). The molecule has 0 radical (unpaired) electrons. The Hall–Kier alpha value is -0.820. The molecule has 23 heavy (non-hydrogen) atoms. The Labute approximate surface area is 140 Å². The zero-order valence-electron chi connectivity index (χ0n) is 15.0. The van der Waals surface area contributed by atoms with Gasteiger partial charge in [-0.15, -0.1) is 0 Å². The van der Waals surface area contributed by atoms with Gasteiger partial charge in [0.15, 0.2) is 0 Å². The minimum Gasteiger partial charge on any atom is -0.444 e. The SMILES string of the molecule is CC(C)C(CNC(=O)OC(C)(C)C)CNC1CCS(=O)(=O)CC1. The Kier molecular flexibility index (Phi) is 7.32. The first-order valence-corrected chi connectivity index (χ1v) is 10.2. The van der Waals surface area contributed by atoms with Crippen LogP contribution in [0, 0.1) is 11.8 Å². The van der Waals surface area contributed by atoms with E-state index in [1.807, 2.05) is 20.8 Å². The molecule has 6 nitrogen and oxygen atoms in total. The monoisotopic (exact) mass is 348 g/mol. The molecule has 0 aromatic heterocycles. The van der Waals surface area contributed by atoms with E-state index in [2.05, 4.69) is 24.5 Å². The summed E-state index contributed by atoms with van der Waals surface area (Å²) in [6.45, 7) is 11.1. The molecule has 1 saturated heterocycles. The van der Waals surface area contributed by atoms with Gasteiger partial charge < -0.3 is 15.4 Å². The zero-order valence-corrected chi connectivity index (χ0v) is 15.8. The molecule has 0 spiro atoms. The molecular weight excluding hydrogens is 316 g/mol. The highest BCUT2D eigenvalue weighted by Gasteiger charge is 2.25. The molecule has 136 valence electrons. The van der Waals surface area contributed by atoms with Crippen LogP contribution in [0.15, 0.2) is 0 Å². The van der Waals surface area contributed by atoms with Crippen molar-refractivity contribution in [2.24, 2.45) is 11.8 Å². The summed E-state index contributed by atoms with van der Waals surface area (Å²) in [6.07, 6.45) is 0.950. The normalized spacial score (nSPS) is 20.3. The van der Waals surface area contributed by atoms with Gasteiger partial charge in [0.25, 0.3) is 0 Å². The van der Waals surface area contributed by atoms with E-state index in [-0.39, 0.29) is 23.5 Å². The molecule has 1 heterocycles. The van der Waals surface area contributed by atoms with Crippen molar-refractivity contribution in [3.8, 4) is 0 Å². The summed E-state index contributed by atoms with van der Waals surface area (Å²) >= 11 is 0. The fraction of sp³-hybridized carbons (Fsp3) is 0.938. The average Bonchev–Trinajstić information content (AvgIpc) is 2.37. The number of alkyl carbamates (subject to hydrolysis) is 1. The lowest BCUT2D eigenvalue weighted by molar-refractivity contribution is 0.0514. The first-order valence-electron chi connectivity index (χ1n) is 8.39. The van der Waals surface area contributed by atoms with E-state index in [4.69, 9.17) is 4.74 Å². The van der Waals surface area contributed by atoms with Crippen LogP contribution in [-0.4, -0.2) is 50.7 Å². The van der Waals surface area contributed by atoms with E-state index in [9.17, 15) is 13.2 Å². The summed E-state index contributed by atoms with van der Waals surface area (Å²) in [4.78, 5) is 11.7. The van der Waals surface area contributed by atoms with Crippen LogP contribution in [0.2, 0.25) is 0 Å². The third-order valence-corrected chi connectivity index (χ3v) is 5.79. The Morgan fingerprint density at radius 2 is 1.74 bits per heavy atom. The zero-order chi connectivity index (χ0) is 17.7. The highest BCUT2D eigenvalue weighted by atomic mass is 32.2. The molecule has 1 unspecified atom stereocenters. The Balaban J connectivity index is 2.37. The largest absolute Gasteiger partial charge is 0.444 e. The number of ether oxygens (including phenoxy) is 1. The maximum absolute atomic E-state index is 11.7. The second-order valence-corrected chi connectivity index (χ2v) is 10.0. The first kappa shape index (κ1) is 20.2. The number of carbonyl (C=O) groups excluding carboxylic acids is 1. The molecule has 1 rings (SSSR count). The summed E-state index contributed by atoms with van der Waals surface area (Å²) in [5, 5.41) is 6.28. The molecule has 0 bridgehead atoms. The molecular formula is C16H32N2O4S. The summed E-state index contributed by atoms with van der Waals surface area (Å²) < 4.78 is 28.1. The summed E-state index contributed by atoms with van der Waals surface area (Å²) in [5.41, 5.74) is -0.497. The minimum absolute atomic E-state index is 0.251. The van der Waals surface area contributed by atoms with Crippen LogP contribution < -0.4 is 10.6 Å². The molecule has 0 saturated carbocycles. The Bertz CT molecular complexity index is 469. The van der Waals surface area contributed by atoms with Crippen LogP contribution in [0.25, 0.3) is 0 Å². The number of amides is 1. The molecule has 1 amide bonds. The van der Waals surface area contributed by atoms with E-state index in [0.717, 1.165) is 6.54 Å². The van der Waals surface area contributed by atoms with Crippen molar-refractivity contribution in [3.63, 3.8) is 0 Å². The lowest BCUT2D eigenvalue weighted by Crippen LogP contribution is -2.44. The van der Waals surface area contributed by atoms with Crippen molar-refractivity contribution in [1.29, 1.82) is 0 Å². The number of carbonyl (C=O) groups is 1. The van der Waals surface area contributed by atoms with Crippen molar-refractivity contribution in [1.82, 2.24) is 10.6 Å². The second-order valence-electron chi connectivity index (χ2n) is 7.72. The third kappa shape index (κ3) is 8.55. The van der Waals surface area contributed by atoms with Gasteiger partial charge in [0.1, 0.15) is 15.4 Å². The quantitative estimate of drug-likeness (QED) is 0.766. The van der Waals surface area contributed by atoms with Gasteiger partial charge in [0.05, 0.1) is 11.5 Å². The maximum Gasteiger partial charge on any atom is 0.407 e. The van der Waals surface area contributed by atoms with Crippen molar-refractivity contribution >= 4 is 15.9 Å². The molecule has 0 aromatic rings. The van der Waals surface area contributed by atoms with Crippen molar-refractivity contribution in [2.75, 3.05) is 24.6 Å². The van der Waals surface area contributed by atoms with E-state index >= 15 is 0 Å². The van der Waals surface area contributed by atoms with Gasteiger partial charge in [-0.2, -0.15) is 0 Å². The molecule has 0 aromatic carbocycles. The molecule has 0 aliphatic carbocycles. The van der Waals surface area contributed by atoms with Gasteiger partial charge in [0, 0.05) is 19.1 Å². The van der Waals surface area contributed by atoms with Crippen LogP contribution in [0.4, 0.5) is 4.79 Å². The summed E-state index contributed by atoms with van der Waals surface area (Å²) in [5.74, 6) is 1.23. The predicted octanol–water partition coefficient (Wildman–Crippen LogP) is 1.95. The van der Waals surface area contributed by atoms with Gasteiger partial charge in [-0.05, 0) is 45.4 Å². The van der Waals surface area contributed by atoms with Crippen LogP contribution in [0.5, 0.6) is 0 Å². The third-order valence-electron chi connectivity index (χ3n) is 4.07. The van der Waals surface area contributed by atoms with E-state index in [1.54, 1.807) is 0 Å². The van der Waals surface area contributed by atoms with Crippen LogP contribution in [0.3, 0.4) is 0 Å². The predicted molar refractivity (Wildman–Crippen MR) is 92.2 cm³/mol. The van der Waals surface area contributed by atoms with Gasteiger partial charge >= 0.3 is 6.09 Å². The van der Waals surface area contributed by atoms with Gasteiger partial charge in [-0.3, -0.25) is 0 Å². The minimum atomic E-state index is -2.82. The number of hydrogen-bond acceptors (Lipinski definition) is 5. The van der Waals surface area contributed by atoms with Crippen LogP contribution >= 0.6 is 0 Å². The number of hydrogen-bond donors (Lipinski definition) is 2. The number of nitrogens with one attached hydrogen (secondary N) is 2. The lowest BCUT2D eigenvalue weighted by Gasteiger charge is -2.28. The van der Waals surface area contributed by atoms with Gasteiger partial charge in [0.2, 0.25) is 0 Å². The molecule has 7 heteroatoms. The second kappa shape index (κ2) is 8.33. The van der Waals surface area contributed by atoms with Crippen molar-refractivity contribution < 1.29 is 17.9 Å². The molecule has 1 aliphatic heterocycles. The molecule has 1 atom stereocenters. The Morgan fingerprint density at radius 3 is 2.22 bits per heavy atom. The maximum atomic E-state index is 11.7. The van der Waals surface area contributed by atoms with E-state index in [0.29, 0.717) is 25.3 Å². The lowest BCUT2D eigenvalue weighted by atomic mass is 9.95. The topological polar surface area (TPSA) is 84.5 Å². The fourth-order valence-electron chi connectivity index (χ4n) is 2.48.